The molecule has 1 aliphatic heterocycles. The van der Waals surface area contributed by atoms with Gasteiger partial charge in [-0.2, -0.15) is 0 Å². The van der Waals surface area contributed by atoms with Crippen LogP contribution in [0.5, 0.6) is 5.75 Å². The molecule has 0 bridgehead atoms. The fourth-order valence-corrected chi connectivity index (χ4v) is 1.91. The normalized spacial score (nSPS) is 17.1. The van der Waals surface area contributed by atoms with Gasteiger partial charge in [-0.3, -0.25) is 4.90 Å². The molecule has 1 fully saturated rings. The molecule has 82 valence electrons. The Kier molecular flexibility index (Phi) is 3.59. The highest BCUT2D eigenvalue weighted by Crippen LogP contribution is 2.09. The molecule has 1 aromatic rings. The Morgan fingerprint density at radius 2 is 1.80 bits per heavy atom. The summed E-state index contributed by atoms with van der Waals surface area (Å²) in [5.41, 5.74) is 1.21. The Morgan fingerprint density at radius 3 is 2.47 bits per heavy atom. The topological polar surface area (TPSA) is 35.5 Å². The second-order valence-corrected chi connectivity index (χ2v) is 4.08. The Bertz CT molecular complexity index is 291. The molecule has 15 heavy (non-hydrogen) atoms. The van der Waals surface area contributed by atoms with Crippen LogP contribution >= 0.6 is 0 Å². The summed E-state index contributed by atoms with van der Waals surface area (Å²) < 4.78 is 0. The lowest BCUT2D eigenvalue weighted by atomic mass is 10.2. The molecule has 1 aliphatic rings. The van der Waals surface area contributed by atoms with Gasteiger partial charge in [0.25, 0.3) is 0 Å². The van der Waals surface area contributed by atoms with E-state index in [9.17, 15) is 0 Å². The number of likely N-dealkylation sites (tertiary alicyclic amines) is 1. The maximum Gasteiger partial charge on any atom is 0.115 e. The third-order valence-electron chi connectivity index (χ3n) is 2.80. The SMILES string of the molecule is Oc1ccc(CNCN2CCCC2)cc1. The van der Waals surface area contributed by atoms with E-state index >= 15 is 0 Å². The molecule has 2 N–H and O–H groups in total. The van der Waals surface area contributed by atoms with E-state index in [2.05, 4.69) is 10.2 Å². The van der Waals surface area contributed by atoms with E-state index in [0.29, 0.717) is 5.75 Å². The lowest BCUT2D eigenvalue weighted by Gasteiger charge is -2.15. The monoisotopic (exact) mass is 206 g/mol. The van der Waals surface area contributed by atoms with Gasteiger partial charge in [0.1, 0.15) is 5.75 Å². The minimum Gasteiger partial charge on any atom is -0.508 e. The molecule has 1 heterocycles. The lowest BCUT2D eigenvalue weighted by molar-refractivity contribution is 0.308. The predicted molar refractivity (Wildman–Crippen MR) is 60.6 cm³/mol. The first-order chi connectivity index (χ1) is 7.34. The van der Waals surface area contributed by atoms with Crippen molar-refractivity contribution in [2.75, 3.05) is 19.8 Å². The van der Waals surface area contributed by atoms with Gasteiger partial charge in [-0.1, -0.05) is 12.1 Å². The van der Waals surface area contributed by atoms with Gasteiger partial charge in [0.2, 0.25) is 0 Å². The number of rotatable bonds is 4. The fourth-order valence-electron chi connectivity index (χ4n) is 1.91. The molecule has 0 spiro atoms. The number of phenols is 1. The van der Waals surface area contributed by atoms with E-state index in [1.165, 1.54) is 31.5 Å². The molecule has 0 saturated carbocycles. The van der Waals surface area contributed by atoms with Crippen molar-refractivity contribution < 1.29 is 5.11 Å². The molecule has 2 rings (SSSR count). The average Bonchev–Trinajstić information content (AvgIpc) is 2.74. The van der Waals surface area contributed by atoms with Crippen LogP contribution in [0.3, 0.4) is 0 Å². The van der Waals surface area contributed by atoms with Crippen LogP contribution in [0, 0.1) is 0 Å². The number of nitrogens with one attached hydrogen (secondary N) is 1. The smallest absolute Gasteiger partial charge is 0.115 e. The molecule has 0 radical (unpaired) electrons. The number of phenolic OH excluding ortho intramolecular Hbond substituents is 1. The Balaban J connectivity index is 1.71. The van der Waals surface area contributed by atoms with Crippen LogP contribution in [-0.4, -0.2) is 29.8 Å². The second-order valence-electron chi connectivity index (χ2n) is 4.08. The van der Waals surface area contributed by atoms with Crippen molar-refractivity contribution in [1.82, 2.24) is 10.2 Å². The predicted octanol–water partition coefficient (Wildman–Crippen LogP) is 1.54. The Morgan fingerprint density at radius 1 is 1.13 bits per heavy atom. The van der Waals surface area contributed by atoms with Gasteiger partial charge in [-0.15, -0.1) is 0 Å². The summed E-state index contributed by atoms with van der Waals surface area (Å²) in [5, 5.41) is 12.5. The molecule has 0 unspecified atom stereocenters. The van der Waals surface area contributed by atoms with Crippen molar-refractivity contribution in [2.24, 2.45) is 0 Å². The standard InChI is InChI=1S/C12H18N2O/c15-12-5-3-11(4-6-12)9-13-10-14-7-1-2-8-14/h3-6,13,15H,1-2,7-10H2. The fraction of sp³-hybridized carbons (Fsp3) is 0.500. The van der Waals surface area contributed by atoms with Gasteiger partial charge < -0.3 is 10.4 Å². The molecule has 1 saturated heterocycles. The molecular weight excluding hydrogens is 188 g/mol. The molecule has 3 heteroatoms. The number of benzene rings is 1. The summed E-state index contributed by atoms with van der Waals surface area (Å²) in [6.45, 7) is 4.29. The van der Waals surface area contributed by atoms with E-state index in [0.717, 1.165) is 13.2 Å². The summed E-state index contributed by atoms with van der Waals surface area (Å²) in [5.74, 6) is 0.332. The summed E-state index contributed by atoms with van der Waals surface area (Å²) in [6, 6.07) is 7.36. The third-order valence-corrected chi connectivity index (χ3v) is 2.80. The molecule has 3 nitrogen and oxygen atoms in total. The van der Waals surface area contributed by atoms with Crippen molar-refractivity contribution in [1.29, 1.82) is 0 Å². The van der Waals surface area contributed by atoms with Crippen molar-refractivity contribution >= 4 is 0 Å². The zero-order chi connectivity index (χ0) is 10.5. The van der Waals surface area contributed by atoms with Gasteiger partial charge in [0.15, 0.2) is 0 Å². The van der Waals surface area contributed by atoms with E-state index in [-0.39, 0.29) is 0 Å². The van der Waals surface area contributed by atoms with Gasteiger partial charge in [0.05, 0.1) is 0 Å². The van der Waals surface area contributed by atoms with E-state index in [1.807, 2.05) is 12.1 Å². The van der Waals surface area contributed by atoms with Crippen molar-refractivity contribution in [2.45, 2.75) is 19.4 Å². The number of nitrogens with zero attached hydrogens (tertiary/aromatic N) is 1. The van der Waals surface area contributed by atoms with Crippen LogP contribution < -0.4 is 5.32 Å². The van der Waals surface area contributed by atoms with Crippen LogP contribution in [-0.2, 0) is 6.54 Å². The molecular formula is C12H18N2O. The highest BCUT2D eigenvalue weighted by atomic mass is 16.3. The lowest BCUT2D eigenvalue weighted by Crippen LogP contribution is -2.31. The summed E-state index contributed by atoms with van der Waals surface area (Å²) in [7, 11) is 0. The van der Waals surface area contributed by atoms with Crippen LogP contribution in [0.4, 0.5) is 0 Å². The minimum atomic E-state index is 0.332. The quantitative estimate of drug-likeness (QED) is 0.784. The zero-order valence-electron chi connectivity index (χ0n) is 8.95. The molecule has 0 amide bonds. The van der Waals surface area contributed by atoms with Gasteiger partial charge in [0, 0.05) is 13.2 Å². The highest BCUT2D eigenvalue weighted by molar-refractivity contribution is 5.25. The number of aromatic hydroxyl groups is 1. The van der Waals surface area contributed by atoms with Crippen LogP contribution in [0.1, 0.15) is 18.4 Å². The van der Waals surface area contributed by atoms with Crippen LogP contribution in [0.15, 0.2) is 24.3 Å². The van der Waals surface area contributed by atoms with Gasteiger partial charge >= 0.3 is 0 Å². The van der Waals surface area contributed by atoms with E-state index < -0.39 is 0 Å². The molecule has 0 aromatic heterocycles. The van der Waals surface area contributed by atoms with E-state index in [4.69, 9.17) is 5.11 Å². The van der Waals surface area contributed by atoms with Crippen LogP contribution in [0.2, 0.25) is 0 Å². The Hall–Kier alpha value is -1.06. The molecule has 0 atom stereocenters. The maximum atomic E-state index is 9.13. The largest absolute Gasteiger partial charge is 0.508 e. The minimum absolute atomic E-state index is 0.332. The van der Waals surface area contributed by atoms with Crippen molar-refractivity contribution in [3.63, 3.8) is 0 Å². The van der Waals surface area contributed by atoms with Crippen molar-refractivity contribution in [3.05, 3.63) is 29.8 Å². The third kappa shape index (κ3) is 3.22. The summed E-state index contributed by atoms with van der Waals surface area (Å²) in [4.78, 5) is 2.43. The first-order valence-corrected chi connectivity index (χ1v) is 5.55. The zero-order valence-corrected chi connectivity index (χ0v) is 8.95. The maximum absolute atomic E-state index is 9.13. The van der Waals surface area contributed by atoms with E-state index in [1.54, 1.807) is 12.1 Å². The first kappa shape index (κ1) is 10.5. The molecule has 1 aromatic carbocycles. The first-order valence-electron chi connectivity index (χ1n) is 5.55. The molecule has 0 aliphatic carbocycles. The Labute approximate surface area is 90.7 Å². The second kappa shape index (κ2) is 5.14. The highest BCUT2D eigenvalue weighted by Gasteiger charge is 2.09. The van der Waals surface area contributed by atoms with Crippen LogP contribution in [0.25, 0.3) is 0 Å². The summed E-state index contributed by atoms with van der Waals surface area (Å²) in [6.07, 6.45) is 2.67. The van der Waals surface area contributed by atoms with Crippen molar-refractivity contribution in [3.8, 4) is 5.75 Å². The number of hydrogen-bond acceptors (Lipinski definition) is 3. The summed E-state index contributed by atoms with van der Waals surface area (Å²) >= 11 is 0. The van der Waals surface area contributed by atoms with Gasteiger partial charge in [-0.25, -0.2) is 0 Å². The number of hydrogen-bond donors (Lipinski definition) is 2. The average molecular weight is 206 g/mol. The van der Waals surface area contributed by atoms with Gasteiger partial charge in [-0.05, 0) is 43.6 Å².